The van der Waals surface area contributed by atoms with Crippen LogP contribution in [0.15, 0.2) is 35.6 Å². The molecule has 6 heteroatoms. The zero-order valence-electron chi connectivity index (χ0n) is 11.9. The Morgan fingerprint density at radius 3 is 2.81 bits per heavy atom. The van der Waals surface area contributed by atoms with Gasteiger partial charge in [-0.05, 0) is 24.3 Å². The van der Waals surface area contributed by atoms with E-state index in [9.17, 15) is 0 Å². The minimum absolute atomic E-state index is 0.137. The summed E-state index contributed by atoms with van der Waals surface area (Å²) in [5, 5.41) is 12.9. The molecule has 21 heavy (non-hydrogen) atoms. The summed E-state index contributed by atoms with van der Waals surface area (Å²) in [6, 6.07) is 7.89. The average Bonchev–Trinajstić information content (AvgIpc) is 2.95. The van der Waals surface area contributed by atoms with Gasteiger partial charge in [0.2, 0.25) is 0 Å². The van der Waals surface area contributed by atoms with E-state index in [-0.39, 0.29) is 5.84 Å². The number of aromatic nitrogens is 1. The van der Waals surface area contributed by atoms with Gasteiger partial charge >= 0.3 is 0 Å². The van der Waals surface area contributed by atoms with Crippen molar-refractivity contribution in [2.75, 3.05) is 32.8 Å². The minimum Gasteiger partial charge on any atom is -0.409 e. The van der Waals surface area contributed by atoms with Crippen LogP contribution < -0.4 is 5.73 Å². The number of benzene rings is 1. The monoisotopic (exact) mass is 288 g/mol. The quantitative estimate of drug-likeness (QED) is 0.382. The van der Waals surface area contributed by atoms with Gasteiger partial charge in [-0.25, -0.2) is 0 Å². The first-order chi connectivity index (χ1) is 10.3. The van der Waals surface area contributed by atoms with Crippen molar-refractivity contribution in [3.63, 3.8) is 0 Å². The van der Waals surface area contributed by atoms with E-state index < -0.39 is 0 Å². The molecule has 0 atom stereocenters. The summed E-state index contributed by atoms with van der Waals surface area (Å²) in [5.74, 6) is 0.137. The van der Waals surface area contributed by atoms with Gasteiger partial charge in [-0.2, -0.15) is 0 Å². The SMILES string of the molecule is N/C(=N/O)c1ccc2c(ccn2CCN2CCOCC2)c1. The fourth-order valence-corrected chi connectivity index (χ4v) is 2.69. The summed E-state index contributed by atoms with van der Waals surface area (Å²) in [4.78, 5) is 2.42. The second-order valence-corrected chi connectivity index (χ2v) is 5.22. The molecular weight excluding hydrogens is 268 g/mol. The molecule has 1 aromatic heterocycles. The molecule has 2 aromatic rings. The van der Waals surface area contributed by atoms with E-state index in [1.54, 1.807) is 0 Å². The first kappa shape index (κ1) is 13.9. The van der Waals surface area contributed by atoms with Crippen LogP contribution in [0.3, 0.4) is 0 Å². The van der Waals surface area contributed by atoms with E-state index in [4.69, 9.17) is 15.7 Å². The van der Waals surface area contributed by atoms with Crippen LogP contribution in [0.5, 0.6) is 0 Å². The molecule has 112 valence electrons. The Kier molecular flexibility index (Phi) is 4.08. The third-order valence-corrected chi connectivity index (χ3v) is 3.94. The largest absolute Gasteiger partial charge is 0.409 e. The molecule has 1 aliphatic rings. The molecule has 0 amide bonds. The van der Waals surface area contributed by atoms with E-state index in [1.807, 2.05) is 18.2 Å². The molecule has 1 fully saturated rings. The number of amidine groups is 1. The van der Waals surface area contributed by atoms with Gasteiger partial charge in [0, 0.05) is 48.8 Å². The molecule has 2 heterocycles. The summed E-state index contributed by atoms with van der Waals surface area (Å²) >= 11 is 0. The number of fused-ring (bicyclic) bond motifs is 1. The minimum atomic E-state index is 0.137. The molecule has 0 bridgehead atoms. The van der Waals surface area contributed by atoms with Gasteiger partial charge in [0.1, 0.15) is 0 Å². The lowest BCUT2D eigenvalue weighted by Crippen LogP contribution is -2.38. The first-order valence-corrected chi connectivity index (χ1v) is 7.15. The van der Waals surface area contributed by atoms with Crippen molar-refractivity contribution in [1.29, 1.82) is 0 Å². The summed E-state index contributed by atoms with van der Waals surface area (Å²) in [7, 11) is 0. The van der Waals surface area contributed by atoms with Gasteiger partial charge in [-0.3, -0.25) is 4.90 Å². The van der Waals surface area contributed by atoms with Crippen LogP contribution in [0, 0.1) is 0 Å². The molecule has 6 nitrogen and oxygen atoms in total. The van der Waals surface area contributed by atoms with Crippen LogP contribution in [0.4, 0.5) is 0 Å². The average molecular weight is 288 g/mol. The van der Waals surface area contributed by atoms with Crippen molar-refractivity contribution < 1.29 is 9.94 Å². The van der Waals surface area contributed by atoms with Gasteiger partial charge in [0.05, 0.1) is 13.2 Å². The van der Waals surface area contributed by atoms with Crippen molar-refractivity contribution >= 4 is 16.7 Å². The highest BCUT2D eigenvalue weighted by Crippen LogP contribution is 2.18. The van der Waals surface area contributed by atoms with Gasteiger partial charge in [-0.1, -0.05) is 5.16 Å². The maximum Gasteiger partial charge on any atom is 0.170 e. The Balaban J connectivity index is 1.74. The summed E-state index contributed by atoms with van der Waals surface area (Å²) in [6.45, 7) is 5.65. The van der Waals surface area contributed by atoms with Crippen molar-refractivity contribution in [3.8, 4) is 0 Å². The zero-order chi connectivity index (χ0) is 14.7. The van der Waals surface area contributed by atoms with Gasteiger partial charge in [0.25, 0.3) is 0 Å². The molecule has 3 rings (SSSR count). The highest BCUT2D eigenvalue weighted by Gasteiger charge is 2.11. The normalized spacial score (nSPS) is 17.4. The molecule has 1 aliphatic heterocycles. The van der Waals surface area contributed by atoms with Gasteiger partial charge in [-0.15, -0.1) is 0 Å². The summed E-state index contributed by atoms with van der Waals surface area (Å²) in [6.07, 6.45) is 2.08. The van der Waals surface area contributed by atoms with Gasteiger partial charge < -0.3 is 20.2 Å². The van der Waals surface area contributed by atoms with Crippen LogP contribution in [0.25, 0.3) is 10.9 Å². The Labute approximate surface area is 123 Å². The van der Waals surface area contributed by atoms with Crippen LogP contribution in [-0.2, 0) is 11.3 Å². The van der Waals surface area contributed by atoms with E-state index in [1.165, 1.54) is 0 Å². The summed E-state index contributed by atoms with van der Waals surface area (Å²) in [5.41, 5.74) is 7.52. The number of rotatable bonds is 4. The Bertz CT molecular complexity index is 644. The number of nitrogens with two attached hydrogens (primary N) is 1. The molecule has 1 saturated heterocycles. The predicted molar refractivity (Wildman–Crippen MR) is 81.7 cm³/mol. The zero-order valence-corrected chi connectivity index (χ0v) is 11.9. The fraction of sp³-hybridized carbons (Fsp3) is 0.400. The van der Waals surface area contributed by atoms with Crippen LogP contribution >= 0.6 is 0 Å². The first-order valence-electron chi connectivity index (χ1n) is 7.15. The predicted octanol–water partition coefficient (Wildman–Crippen LogP) is 1.07. The highest BCUT2D eigenvalue weighted by molar-refractivity contribution is 6.00. The van der Waals surface area contributed by atoms with Crippen molar-refractivity contribution in [2.24, 2.45) is 10.9 Å². The van der Waals surface area contributed by atoms with E-state index in [0.29, 0.717) is 0 Å². The van der Waals surface area contributed by atoms with E-state index in [0.717, 1.165) is 55.9 Å². The molecule has 0 radical (unpaired) electrons. The Hall–Kier alpha value is -2.05. The molecule has 1 aromatic carbocycles. The Morgan fingerprint density at radius 2 is 2.05 bits per heavy atom. The van der Waals surface area contributed by atoms with Crippen molar-refractivity contribution in [1.82, 2.24) is 9.47 Å². The van der Waals surface area contributed by atoms with E-state index in [2.05, 4.69) is 26.9 Å². The van der Waals surface area contributed by atoms with Crippen molar-refractivity contribution in [2.45, 2.75) is 6.54 Å². The molecule has 0 unspecified atom stereocenters. The topological polar surface area (TPSA) is 76.0 Å². The lowest BCUT2D eigenvalue weighted by Gasteiger charge is -2.26. The third-order valence-electron chi connectivity index (χ3n) is 3.94. The van der Waals surface area contributed by atoms with Crippen molar-refractivity contribution in [3.05, 3.63) is 36.0 Å². The standard InChI is InChI=1S/C15H20N4O2/c16-15(17-20)13-1-2-14-12(11-13)3-4-19(14)6-5-18-7-9-21-10-8-18/h1-4,11,20H,5-10H2,(H2,16,17). The lowest BCUT2D eigenvalue weighted by atomic mass is 10.1. The molecule has 0 saturated carbocycles. The number of nitrogens with zero attached hydrogens (tertiary/aromatic N) is 3. The second-order valence-electron chi connectivity index (χ2n) is 5.22. The van der Waals surface area contributed by atoms with Gasteiger partial charge in [0.15, 0.2) is 5.84 Å². The fourth-order valence-electron chi connectivity index (χ4n) is 2.69. The second kappa shape index (κ2) is 6.15. The number of hydrogen-bond acceptors (Lipinski definition) is 4. The molecular formula is C15H20N4O2. The highest BCUT2D eigenvalue weighted by atomic mass is 16.5. The van der Waals surface area contributed by atoms with Crippen LogP contribution in [0.2, 0.25) is 0 Å². The number of hydrogen-bond donors (Lipinski definition) is 2. The maximum absolute atomic E-state index is 8.74. The smallest absolute Gasteiger partial charge is 0.170 e. The van der Waals surface area contributed by atoms with Crippen LogP contribution in [-0.4, -0.2) is 53.4 Å². The Morgan fingerprint density at radius 1 is 1.24 bits per heavy atom. The molecule has 3 N–H and O–H groups in total. The number of ether oxygens (including phenoxy) is 1. The number of oxime groups is 1. The number of morpholine rings is 1. The molecule has 0 spiro atoms. The van der Waals surface area contributed by atoms with E-state index >= 15 is 0 Å². The lowest BCUT2D eigenvalue weighted by molar-refractivity contribution is 0.0365. The maximum atomic E-state index is 8.74. The third kappa shape index (κ3) is 3.01. The molecule has 0 aliphatic carbocycles. The summed E-state index contributed by atoms with van der Waals surface area (Å²) < 4.78 is 7.60. The van der Waals surface area contributed by atoms with Crippen LogP contribution in [0.1, 0.15) is 5.56 Å².